The first-order valence-electron chi connectivity index (χ1n) is 11.3. The molecular weight excluding hydrogens is 488 g/mol. The van der Waals surface area contributed by atoms with Gasteiger partial charge in [0.15, 0.2) is 0 Å². The predicted octanol–water partition coefficient (Wildman–Crippen LogP) is 4.97. The van der Waals surface area contributed by atoms with Crippen LogP contribution in [0.5, 0.6) is 11.5 Å². The number of amides is 1. The van der Waals surface area contributed by atoms with Gasteiger partial charge in [0, 0.05) is 29.7 Å². The van der Waals surface area contributed by atoms with Gasteiger partial charge in [-0.05, 0) is 60.9 Å². The van der Waals surface area contributed by atoms with E-state index >= 15 is 0 Å². The van der Waals surface area contributed by atoms with Gasteiger partial charge >= 0.3 is 0 Å². The van der Waals surface area contributed by atoms with Crippen LogP contribution in [0.2, 0.25) is 5.02 Å². The monoisotopic (exact) mass is 514 g/mol. The number of hydrogen-bond donors (Lipinski definition) is 1. The van der Waals surface area contributed by atoms with E-state index in [9.17, 15) is 13.2 Å². The van der Waals surface area contributed by atoms with E-state index in [1.165, 1.54) is 23.5 Å². The number of ether oxygens (including phenoxy) is 2. The van der Waals surface area contributed by atoms with E-state index < -0.39 is 10.0 Å². The number of piperidine rings is 1. The first-order valence-corrected chi connectivity index (χ1v) is 13.1. The van der Waals surface area contributed by atoms with Crippen LogP contribution < -0.4 is 14.8 Å². The molecule has 1 heterocycles. The summed E-state index contributed by atoms with van der Waals surface area (Å²) in [6.45, 7) is 0.944. The summed E-state index contributed by atoms with van der Waals surface area (Å²) in [7, 11) is -2.37. The zero-order valence-corrected chi connectivity index (χ0v) is 20.9. The molecule has 7 nitrogen and oxygen atoms in total. The average molecular weight is 515 g/mol. The molecule has 0 atom stereocenters. The molecule has 1 N–H and O–H groups in total. The normalized spacial score (nSPS) is 14.9. The molecule has 1 aliphatic heterocycles. The lowest BCUT2D eigenvalue weighted by molar-refractivity contribution is -0.120. The summed E-state index contributed by atoms with van der Waals surface area (Å²) in [5, 5.41) is 3.24. The van der Waals surface area contributed by atoms with Crippen molar-refractivity contribution in [1.82, 2.24) is 4.31 Å². The highest BCUT2D eigenvalue weighted by Gasteiger charge is 2.33. The molecule has 0 radical (unpaired) electrons. The van der Waals surface area contributed by atoms with Crippen LogP contribution in [0.15, 0.2) is 77.7 Å². The largest absolute Gasteiger partial charge is 0.495 e. The molecule has 0 saturated carbocycles. The molecule has 1 amide bonds. The topological polar surface area (TPSA) is 84.9 Å². The van der Waals surface area contributed by atoms with Crippen LogP contribution in [-0.2, 0) is 21.4 Å². The van der Waals surface area contributed by atoms with Crippen molar-refractivity contribution in [2.45, 2.75) is 24.3 Å². The Balaban J connectivity index is 1.31. The number of hydrogen-bond acceptors (Lipinski definition) is 5. The second kappa shape index (κ2) is 11.1. The van der Waals surface area contributed by atoms with Crippen molar-refractivity contribution in [2.75, 3.05) is 25.5 Å². The summed E-state index contributed by atoms with van der Waals surface area (Å²) < 4.78 is 38.6. The lowest BCUT2D eigenvalue weighted by atomic mass is 9.97. The van der Waals surface area contributed by atoms with E-state index in [-0.39, 0.29) is 35.6 Å². The molecular formula is C26H27ClN2O5S. The van der Waals surface area contributed by atoms with Gasteiger partial charge in [-0.2, -0.15) is 4.31 Å². The van der Waals surface area contributed by atoms with E-state index in [1.807, 2.05) is 42.5 Å². The van der Waals surface area contributed by atoms with E-state index in [0.29, 0.717) is 35.9 Å². The van der Waals surface area contributed by atoms with Gasteiger partial charge in [0.2, 0.25) is 15.9 Å². The molecule has 0 unspecified atom stereocenters. The second-order valence-corrected chi connectivity index (χ2v) is 10.6. The van der Waals surface area contributed by atoms with Crippen LogP contribution in [-0.4, -0.2) is 38.8 Å². The summed E-state index contributed by atoms with van der Waals surface area (Å²) in [5.74, 6) is 0.546. The van der Waals surface area contributed by atoms with Gasteiger partial charge in [0.05, 0.1) is 7.11 Å². The van der Waals surface area contributed by atoms with Gasteiger partial charge in [-0.3, -0.25) is 4.79 Å². The molecule has 4 rings (SSSR count). The lowest BCUT2D eigenvalue weighted by Crippen LogP contribution is -2.41. The van der Waals surface area contributed by atoms with Crippen LogP contribution in [0.3, 0.4) is 0 Å². The maximum atomic E-state index is 13.1. The van der Waals surface area contributed by atoms with Crippen molar-refractivity contribution in [3.05, 3.63) is 83.4 Å². The minimum absolute atomic E-state index is 0.0324. The van der Waals surface area contributed by atoms with Gasteiger partial charge in [-0.15, -0.1) is 0 Å². The number of benzene rings is 3. The molecule has 1 saturated heterocycles. The molecule has 184 valence electrons. The number of carbonyl (C=O) groups is 1. The minimum Gasteiger partial charge on any atom is -0.495 e. The van der Waals surface area contributed by atoms with Crippen molar-refractivity contribution < 1.29 is 22.7 Å². The van der Waals surface area contributed by atoms with Crippen molar-refractivity contribution >= 4 is 33.2 Å². The van der Waals surface area contributed by atoms with Crippen molar-refractivity contribution in [1.29, 1.82) is 0 Å². The van der Waals surface area contributed by atoms with Crippen LogP contribution in [0, 0.1) is 5.92 Å². The SMILES string of the molecule is COc1ccc(Cl)cc1S(=O)(=O)N1CCC(C(=O)Nc2ccc(OCc3ccccc3)cc2)CC1. The number of nitrogens with zero attached hydrogens (tertiary/aromatic N) is 1. The fourth-order valence-corrected chi connectivity index (χ4v) is 5.86. The molecule has 1 fully saturated rings. The molecule has 3 aromatic carbocycles. The summed E-state index contributed by atoms with van der Waals surface area (Å²) in [5.41, 5.74) is 1.74. The van der Waals surface area contributed by atoms with Gasteiger partial charge in [-0.1, -0.05) is 41.9 Å². The van der Waals surface area contributed by atoms with E-state index in [1.54, 1.807) is 18.2 Å². The summed E-state index contributed by atoms with van der Waals surface area (Å²) in [6.07, 6.45) is 0.846. The third kappa shape index (κ3) is 6.14. The summed E-state index contributed by atoms with van der Waals surface area (Å²) in [4.78, 5) is 12.8. The fraction of sp³-hybridized carbons (Fsp3) is 0.269. The lowest BCUT2D eigenvalue weighted by Gasteiger charge is -2.31. The molecule has 0 aromatic heterocycles. The minimum atomic E-state index is -3.79. The number of rotatable bonds is 8. The maximum Gasteiger partial charge on any atom is 0.246 e. The van der Waals surface area contributed by atoms with E-state index in [4.69, 9.17) is 21.1 Å². The van der Waals surface area contributed by atoms with E-state index in [2.05, 4.69) is 5.32 Å². The highest BCUT2D eigenvalue weighted by atomic mass is 35.5. The molecule has 0 aliphatic carbocycles. The zero-order chi connectivity index (χ0) is 24.8. The highest BCUT2D eigenvalue weighted by molar-refractivity contribution is 7.89. The molecule has 35 heavy (non-hydrogen) atoms. The quantitative estimate of drug-likeness (QED) is 0.459. The van der Waals surface area contributed by atoms with Gasteiger partial charge in [0.1, 0.15) is 23.0 Å². The number of carbonyl (C=O) groups excluding carboxylic acids is 1. The van der Waals surface area contributed by atoms with Crippen LogP contribution in [0.25, 0.3) is 0 Å². The Hall–Kier alpha value is -3.07. The fourth-order valence-electron chi connectivity index (χ4n) is 3.97. The number of sulfonamides is 1. The first kappa shape index (κ1) is 25.0. The van der Waals surface area contributed by atoms with Crippen LogP contribution in [0.1, 0.15) is 18.4 Å². The molecule has 3 aromatic rings. The highest BCUT2D eigenvalue weighted by Crippen LogP contribution is 2.32. The summed E-state index contributed by atoms with van der Waals surface area (Å²) >= 11 is 6.02. The average Bonchev–Trinajstić information content (AvgIpc) is 2.89. The van der Waals surface area contributed by atoms with Gasteiger partial charge in [0.25, 0.3) is 0 Å². The Labute approximate surface area is 210 Å². The summed E-state index contributed by atoms with van der Waals surface area (Å²) in [6, 6.07) is 21.6. The molecule has 9 heteroatoms. The number of halogens is 1. The van der Waals surface area contributed by atoms with E-state index in [0.717, 1.165) is 5.56 Å². The maximum absolute atomic E-state index is 13.1. The number of nitrogens with one attached hydrogen (secondary N) is 1. The molecule has 0 spiro atoms. The molecule has 1 aliphatic rings. The first-order chi connectivity index (χ1) is 16.9. The van der Waals surface area contributed by atoms with Gasteiger partial charge < -0.3 is 14.8 Å². The molecule has 0 bridgehead atoms. The predicted molar refractivity (Wildman–Crippen MR) is 135 cm³/mol. The van der Waals surface area contributed by atoms with Crippen LogP contribution >= 0.6 is 11.6 Å². The van der Waals surface area contributed by atoms with Crippen molar-refractivity contribution in [3.63, 3.8) is 0 Å². The smallest absolute Gasteiger partial charge is 0.246 e. The van der Waals surface area contributed by atoms with Crippen molar-refractivity contribution in [3.8, 4) is 11.5 Å². The van der Waals surface area contributed by atoms with Crippen molar-refractivity contribution in [2.24, 2.45) is 5.92 Å². The second-order valence-electron chi connectivity index (χ2n) is 8.26. The third-order valence-electron chi connectivity index (χ3n) is 5.94. The standard InChI is InChI=1S/C26H27ClN2O5S/c1-33-24-12-7-21(27)17-25(24)35(31,32)29-15-13-20(14-16-29)26(30)28-22-8-10-23(11-9-22)34-18-19-5-3-2-4-6-19/h2-12,17,20H,13-16,18H2,1H3,(H,28,30). The Kier molecular flexibility index (Phi) is 7.95. The Morgan fingerprint density at radius 3 is 2.37 bits per heavy atom. The van der Waals surface area contributed by atoms with Crippen LogP contribution in [0.4, 0.5) is 5.69 Å². The Bertz CT molecular complexity index is 1260. The Morgan fingerprint density at radius 1 is 1.03 bits per heavy atom. The number of anilines is 1. The Morgan fingerprint density at radius 2 is 1.71 bits per heavy atom. The number of methoxy groups -OCH3 is 1. The third-order valence-corrected chi connectivity index (χ3v) is 8.09. The zero-order valence-electron chi connectivity index (χ0n) is 19.3. The van der Waals surface area contributed by atoms with Gasteiger partial charge in [-0.25, -0.2) is 8.42 Å².